The third kappa shape index (κ3) is 2.59. The molecule has 0 fully saturated rings. The van der Waals surface area contributed by atoms with Crippen LogP contribution in [0, 0.1) is 0 Å². The van der Waals surface area contributed by atoms with Gasteiger partial charge in [0.15, 0.2) is 5.78 Å². The molecule has 0 unspecified atom stereocenters. The SMILES string of the molecule is O=C([O-])C(=O)Cc1ccc(O)cc1. The van der Waals surface area contributed by atoms with Crippen LogP contribution >= 0.6 is 0 Å². The lowest BCUT2D eigenvalue weighted by atomic mass is 10.1. The summed E-state index contributed by atoms with van der Waals surface area (Å²) in [5.74, 6) is -2.58. The highest BCUT2D eigenvalue weighted by Crippen LogP contribution is 2.09. The van der Waals surface area contributed by atoms with Gasteiger partial charge in [-0.05, 0) is 17.7 Å². The number of carboxylic acid groups (broad SMARTS) is 1. The lowest BCUT2D eigenvalue weighted by Gasteiger charge is -2.01. The summed E-state index contributed by atoms with van der Waals surface area (Å²) in [6, 6.07) is 5.74. The summed E-state index contributed by atoms with van der Waals surface area (Å²) in [6.07, 6.45) is -0.206. The fourth-order valence-electron chi connectivity index (χ4n) is 0.871. The summed E-state index contributed by atoms with van der Waals surface area (Å²) < 4.78 is 0. The predicted octanol–water partition coefficient (Wildman–Crippen LogP) is -0.746. The van der Waals surface area contributed by atoms with Crippen molar-refractivity contribution in [2.75, 3.05) is 0 Å². The Bertz CT molecular complexity index is 326. The third-order valence-corrected chi connectivity index (χ3v) is 1.53. The van der Waals surface area contributed by atoms with Gasteiger partial charge in [0.2, 0.25) is 0 Å². The highest BCUT2D eigenvalue weighted by molar-refractivity contribution is 6.32. The number of aromatic hydroxyl groups is 1. The number of carbonyl (C=O) groups is 2. The molecule has 1 aromatic carbocycles. The van der Waals surface area contributed by atoms with E-state index in [1.807, 2.05) is 0 Å². The van der Waals surface area contributed by atoms with Gasteiger partial charge in [0.1, 0.15) is 11.7 Å². The minimum Gasteiger partial charge on any atom is -0.542 e. The Kier molecular flexibility index (Phi) is 2.64. The first kappa shape index (κ1) is 9.25. The van der Waals surface area contributed by atoms with Crippen molar-refractivity contribution in [3.8, 4) is 5.75 Å². The van der Waals surface area contributed by atoms with Crippen molar-refractivity contribution in [1.82, 2.24) is 0 Å². The maximum Gasteiger partial charge on any atom is 0.182 e. The molecule has 1 N–H and O–H groups in total. The van der Waals surface area contributed by atoms with Crippen LogP contribution in [0.25, 0.3) is 0 Å². The van der Waals surface area contributed by atoms with Crippen molar-refractivity contribution >= 4 is 11.8 Å². The Morgan fingerprint density at radius 2 is 1.77 bits per heavy atom. The van der Waals surface area contributed by atoms with Gasteiger partial charge in [-0.1, -0.05) is 12.1 Å². The van der Waals surface area contributed by atoms with E-state index in [1.54, 1.807) is 0 Å². The number of benzene rings is 1. The van der Waals surface area contributed by atoms with Crippen LogP contribution in [0.5, 0.6) is 5.75 Å². The zero-order valence-corrected chi connectivity index (χ0v) is 6.69. The number of Topliss-reactive ketones (excluding diaryl/α,β-unsaturated/α-hetero) is 1. The second kappa shape index (κ2) is 3.71. The van der Waals surface area contributed by atoms with E-state index in [2.05, 4.69) is 0 Å². The van der Waals surface area contributed by atoms with Crippen LogP contribution < -0.4 is 5.11 Å². The number of carboxylic acids is 1. The summed E-state index contributed by atoms with van der Waals surface area (Å²) in [6.45, 7) is 0. The fourth-order valence-corrected chi connectivity index (χ4v) is 0.871. The Morgan fingerprint density at radius 1 is 1.23 bits per heavy atom. The molecule has 0 amide bonds. The Labute approximate surface area is 74.4 Å². The summed E-state index contributed by atoms with van der Waals surface area (Å²) in [5.41, 5.74) is 0.534. The molecule has 0 saturated heterocycles. The van der Waals surface area contributed by atoms with Gasteiger partial charge in [-0.2, -0.15) is 0 Å². The first-order valence-corrected chi connectivity index (χ1v) is 3.61. The second-order valence-corrected chi connectivity index (χ2v) is 2.55. The van der Waals surface area contributed by atoms with E-state index < -0.39 is 11.8 Å². The Balaban J connectivity index is 2.70. The maximum atomic E-state index is 10.7. The van der Waals surface area contributed by atoms with E-state index >= 15 is 0 Å². The Morgan fingerprint density at radius 3 is 2.23 bits per heavy atom. The van der Waals surface area contributed by atoms with Crippen LogP contribution in [-0.2, 0) is 16.0 Å². The molecule has 4 nitrogen and oxygen atoms in total. The minimum atomic E-state index is -1.69. The topological polar surface area (TPSA) is 77.4 Å². The van der Waals surface area contributed by atoms with Crippen LogP contribution in [0.2, 0.25) is 0 Å². The standard InChI is InChI=1S/C9H8O4/c10-7-3-1-6(2-4-7)5-8(11)9(12)13/h1-4,10H,5H2,(H,12,13)/p-1. The number of hydrogen-bond acceptors (Lipinski definition) is 4. The Hall–Kier alpha value is -1.84. The normalized spacial score (nSPS) is 9.54. The largest absolute Gasteiger partial charge is 0.542 e. The number of aliphatic carboxylic acids is 1. The van der Waals surface area contributed by atoms with Gasteiger partial charge >= 0.3 is 0 Å². The van der Waals surface area contributed by atoms with Gasteiger partial charge < -0.3 is 15.0 Å². The molecule has 13 heavy (non-hydrogen) atoms. The molecular weight excluding hydrogens is 172 g/mol. The number of carbonyl (C=O) groups excluding carboxylic acids is 2. The molecule has 0 aliphatic carbocycles. The van der Waals surface area contributed by atoms with Crippen LogP contribution in [0.3, 0.4) is 0 Å². The molecule has 0 aliphatic heterocycles. The van der Waals surface area contributed by atoms with Crippen LogP contribution in [0.15, 0.2) is 24.3 Å². The van der Waals surface area contributed by atoms with Crippen molar-refractivity contribution < 1.29 is 19.8 Å². The van der Waals surface area contributed by atoms with Gasteiger partial charge in [-0.3, -0.25) is 4.79 Å². The molecule has 1 aromatic rings. The fraction of sp³-hybridized carbons (Fsp3) is 0.111. The highest BCUT2D eigenvalue weighted by Gasteiger charge is 2.03. The average Bonchev–Trinajstić information content (AvgIpc) is 2.08. The van der Waals surface area contributed by atoms with Gasteiger partial charge in [0, 0.05) is 6.42 Å². The van der Waals surface area contributed by atoms with Gasteiger partial charge in [-0.15, -0.1) is 0 Å². The van der Waals surface area contributed by atoms with Crippen molar-refractivity contribution in [1.29, 1.82) is 0 Å². The van der Waals surface area contributed by atoms with E-state index in [9.17, 15) is 14.7 Å². The molecule has 0 spiro atoms. The quantitative estimate of drug-likeness (QED) is 0.619. The molecule has 0 atom stereocenters. The minimum absolute atomic E-state index is 0.0737. The van der Waals surface area contributed by atoms with Gasteiger partial charge in [0.05, 0.1) is 0 Å². The zero-order chi connectivity index (χ0) is 9.84. The number of ketones is 1. The molecule has 0 saturated carbocycles. The number of hydrogen-bond donors (Lipinski definition) is 1. The van der Waals surface area contributed by atoms with E-state index in [4.69, 9.17) is 5.11 Å². The summed E-state index contributed by atoms with van der Waals surface area (Å²) in [7, 11) is 0. The van der Waals surface area contributed by atoms with E-state index in [-0.39, 0.29) is 12.2 Å². The monoisotopic (exact) mass is 179 g/mol. The van der Waals surface area contributed by atoms with Crippen LogP contribution in [0.4, 0.5) is 0 Å². The summed E-state index contributed by atoms with van der Waals surface area (Å²) in [5, 5.41) is 18.9. The highest BCUT2D eigenvalue weighted by atomic mass is 16.4. The van der Waals surface area contributed by atoms with Crippen molar-refractivity contribution in [3.63, 3.8) is 0 Å². The van der Waals surface area contributed by atoms with Gasteiger partial charge in [-0.25, -0.2) is 0 Å². The van der Waals surface area contributed by atoms with E-state index in [0.717, 1.165) is 0 Å². The zero-order valence-electron chi connectivity index (χ0n) is 6.69. The van der Waals surface area contributed by atoms with Crippen molar-refractivity contribution in [3.05, 3.63) is 29.8 Å². The lowest BCUT2D eigenvalue weighted by molar-refractivity contribution is -0.299. The van der Waals surface area contributed by atoms with E-state index in [1.165, 1.54) is 24.3 Å². The molecule has 0 aromatic heterocycles. The van der Waals surface area contributed by atoms with Gasteiger partial charge in [0.25, 0.3) is 0 Å². The van der Waals surface area contributed by atoms with Crippen LogP contribution in [-0.4, -0.2) is 16.9 Å². The van der Waals surface area contributed by atoms with Crippen LogP contribution in [0.1, 0.15) is 5.56 Å². The average molecular weight is 179 g/mol. The van der Waals surface area contributed by atoms with Crippen molar-refractivity contribution in [2.45, 2.75) is 6.42 Å². The number of rotatable bonds is 3. The molecule has 0 heterocycles. The number of phenols is 1. The molecule has 0 aliphatic rings. The van der Waals surface area contributed by atoms with Crippen molar-refractivity contribution in [2.24, 2.45) is 0 Å². The summed E-state index contributed by atoms with van der Waals surface area (Å²) >= 11 is 0. The molecule has 0 bridgehead atoms. The molecule has 68 valence electrons. The maximum absolute atomic E-state index is 10.7. The summed E-state index contributed by atoms with van der Waals surface area (Å²) in [4.78, 5) is 20.7. The third-order valence-electron chi connectivity index (χ3n) is 1.53. The second-order valence-electron chi connectivity index (χ2n) is 2.55. The lowest BCUT2D eigenvalue weighted by Crippen LogP contribution is -2.32. The predicted molar refractivity (Wildman–Crippen MR) is 41.8 cm³/mol. The van der Waals surface area contributed by atoms with E-state index in [0.29, 0.717) is 5.56 Å². The molecular formula is C9H7O4-. The molecule has 0 radical (unpaired) electrons. The first-order chi connectivity index (χ1) is 6.09. The number of phenolic OH excluding ortho intramolecular Hbond substituents is 1. The smallest absolute Gasteiger partial charge is 0.182 e. The molecule has 4 heteroatoms. The molecule has 1 rings (SSSR count). The first-order valence-electron chi connectivity index (χ1n) is 3.61.